The lowest BCUT2D eigenvalue weighted by Crippen LogP contribution is -2.22. The fourth-order valence-corrected chi connectivity index (χ4v) is 2.21. The number of hydrogen-bond acceptors (Lipinski definition) is 3. The first-order valence-corrected chi connectivity index (χ1v) is 7.23. The van der Waals surface area contributed by atoms with E-state index in [2.05, 4.69) is 20.5 Å². The summed E-state index contributed by atoms with van der Waals surface area (Å²) in [7, 11) is 0. The first kappa shape index (κ1) is 17.2. The predicted molar refractivity (Wildman–Crippen MR) is 103 cm³/mol. The van der Waals surface area contributed by atoms with Crippen molar-refractivity contribution in [2.24, 2.45) is 10.7 Å². The summed E-state index contributed by atoms with van der Waals surface area (Å²) in [4.78, 5) is 4.32. The van der Waals surface area contributed by atoms with E-state index in [1.165, 1.54) is 0 Å². The molecular formula is C16H19IN6. The van der Waals surface area contributed by atoms with Crippen molar-refractivity contribution < 1.29 is 0 Å². The van der Waals surface area contributed by atoms with Gasteiger partial charge in [-0.15, -0.1) is 34.2 Å². The molecule has 0 aliphatic carbocycles. The van der Waals surface area contributed by atoms with E-state index in [1.54, 1.807) is 0 Å². The lowest BCUT2D eigenvalue weighted by molar-refractivity contribution is 0.770. The van der Waals surface area contributed by atoms with Gasteiger partial charge in [0.05, 0.1) is 0 Å². The summed E-state index contributed by atoms with van der Waals surface area (Å²) in [6.07, 6.45) is 3.65. The number of fused-ring (bicyclic) bond motifs is 1. The molecule has 23 heavy (non-hydrogen) atoms. The number of pyridine rings is 1. The summed E-state index contributed by atoms with van der Waals surface area (Å²) in [5, 5.41) is 11.4. The Kier molecular flexibility index (Phi) is 6.33. The molecule has 0 bridgehead atoms. The number of nitrogens with zero attached hydrogens (tertiary/aromatic N) is 4. The van der Waals surface area contributed by atoms with Gasteiger partial charge < -0.3 is 11.1 Å². The van der Waals surface area contributed by atoms with Crippen molar-refractivity contribution in [1.29, 1.82) is 0 Å². The van der Waals surface area contributed by atoms with Crippen LogP contribution in [-0.2, 0) is 6.42 Å². The fourth-order valence-electron chi connectivity index (χ4n) is 2.21. The molecule has 3 rings (SSSR count). The second kappa shape index (κ2) is 8.47. The molecule has 0 amide bonds. The Hall–Kier alpha value is -2.16. The number of nitrogens with one attached hydrogen (secondary N) is 1. The number of guanidine groups is 1. The number of halogens is 1. The Morgan fingerprint density at radius 2 is 1.87 bits per heavy atom. The van der Waals surface area contributed by atoms with E-state index in [4.69, 9.17) is 5.73 Å². The maximum atomic E-state index is 5.86. The van der Waals surface area contributed by atoms with Crippen LogP contribution in [-0.4, -0.2) is 27.1 Å². The molecule has 0 fully saturated rings. The van der Waals surface area contributed by atoms with Crippen LogP contribution >= 0.6 is 24.0 Å². The van der Waals surface area contributed by atoms with E-state index in [0.29, 0.717) is 12.5 Å². The molecule has 0 atom stereocenters. The zero-order valence-electron chi connectivity index (χ0n) is 12.6. The Bertz CT molecular complexity index is 768. The maximum Gasteiger partial charge on any atom is 0.193 e. The molecule has 6 nitrogen and oxygen atoms in total. The van der Waals surface area contributed by atoms with Crippen LogP contribution in [0.2, 0.25) is 0 Å². The van der Waals surface area contributed by atoms with Gasteiger partial charge in [-0.05, 0) is 30.7 Å². The number of aromatic nitrogens is 3. The number of nitrogens with two attached hydrogens (primary N) is 1. The zero-order chi connectivity index (χ0) is 15.2. The van der Waals surface area contributed by atoms with Gasteiger partial charge in [0, 0.05) is 24.8 Å². The standard InChI is InChI=1S/C16H18N6.HI/c17-16(19-13-7-2-1-3-8-13)18-11-6-10-15-21-20-14-9-4-5-12-22(14)15;/h1-5,7-9,12H,6,10-11H2,(H3,17,18,19);1H. The van der Waals surface area contributed by atoms with Crippen molar-refractivity contribution in [3.63, 3.8) is 0 Å². The quantitative estimate of drug-likeness (QED) is 0.287. The van der Waals surface area contributed by atoms with Gasteiger partial charge in [0.15, 0.2) is 11.6 Å². The second-order valence-electron chi connectivity index (χ2n) is 4.91. The average Bonchev–Trinajstić information content (AvgIpc) is 2.96. The van der Waals surface area contributed by atoms with Crippen LogP contribution in [0.15, 0.2) is 59.7 Å². The predicted octanol–water partition coefficient (Wildman–Crippen LogP) is 2.71. The van der Waals surface area contributed by atoms with E-state index in [-0.39, 0.29) is 24.0 Å². The molecule has 2 heterocycles. The minimum absolute atomic E-state index is 0. The summed E-state index contributed by atoms with van der Waals surface area (Å²) in [6.45, 7) is 0.646. The average molecular weight is 422 g/mol. The number of rotatable bonds is 5. The summed E-state index contributed by atoms with van der Waals surface area (Å²) in [5.41, 5.74) is 7.67. The van der Waals surface area contributed by atoms with E-state index >= 15 is 0 Å². The molecule has 0 saturated carbocycles. The smallest absolute Gasteiger partial charge is 0.193 e. The van der Waals surface area contributed by atoms with E-state index in [0.717, 1.165) is 30.0 Å². The highest BCUT2D eigenvalue weighted by Gasteiger charge is 2.03. The van der Waals surface area contributed by atoms with Crippen LogP contribution in [0.1, 0.15) is 12.2 Å². The molecule has 1 aromatic carbocycles. The minimum Gasteiger partial charge on any atom is -0.370 e. The van der Waals surface area contributed by atoms with Crippen molar-refractivity contribution in [2.45, 2.75) is 12.8 Å². The Morgan fingerprint density at radius 1 is 1.09 bits per heavy atom. The molecule has 2 aromatic heterocycles. The normalized spacial score (nSPS) is 11.2. The third-order valence-corrected chi connectivity index (χ3v) is 3.27. The van der Waals surface area contributed by atoms with Gasteiger partial charge in [0.1, 0.15) is 5.82 Å². The number of aliphatic imine (C=N–C) groups is 1. The van der Waals surface area contributed by atoms with E-state index in [1.807, 2.05) is 59.1 Å². The highest BCUT2D eigenvalue weighted by atomic mass is 127. The van der Waals surface area contributed by atoms with Crippen LogP contribution < -0.4 is 11.1 Å². The third kappa shape index (κ3) is 4.65. The molecule has 0 radical (unpaired) electrons. The molecular weight excluding hydrogens is 403 g/mol. The Morgan fingerprint density at radius 3 is 2.70 bits per heavy atom. The number of anilines is 1. The highest BCUT2D eigenvalue weighted by Crippen LogP contribution is 2.06. The summed E-state index contributed by atoms with van der Waals surface area (Å²) >= 11 is 0. The van der Waals surface area contributed by atoms with Crippen LogP contribution in [0.3, 0.4) is 0 Å². The molecule has 3 aromatic rings. The SMILES string of the molecule is I.NC(=NCCCc1nnc2ccccn12)Nc1ccccc1. The summed E-state index contributed by atoms with van der Waals surface area (Å²) in [5.74, 6) is 1.37. The molecule has 0 aliphatic heterocycles. The molecule has 0 aliphatic rings. The number of benzene rings is 1. The summed E-state index contributed by atoms with van der Waals surface area (Å²) in [6, 6.07) is 15.6. The Labute approximate surface area is 151 Å². The van der Waals surface area contributed by atoms with Crippen LogP contribution in [0.5, 0.6) is 0 Å². The first-order chi connectivity index (χ1) is 10.8. The lowest BCUT2D eigenvalue weighted by atomic mass is 10.3. The molecule has 7 heteroatoms. The first-order valence-electron chi connectivity index (χ1n) is 7.23. The third-order valence-electron chi connectivity index (χ3n) is 3.27. The second-order valence-corrected chi connectivity index (χ2v) is 4.91. The largest absolute Gasteiger partial charge is 0.370 e. The molecule has 0 spiro atoms. The van der Waals surface area contributed by atoms with Gasteiger partial charge >= 0.3 is 0 Å². The molecule has 3 N–H and O–H groups in total. The van der Waals surface area contributed by atoms with Crippen molar-refractivity contribution in [2.75, 3.05) is 11.9 Å². The van der Waals surface area contributed by atoms with Crippen molar-refractivity contribution in [3.05, 3.63) is 60.6 Å². The number of hydrogen-bond donors (Lipinski definition) is 2. The van der Waals surface area contributed by atoms with Crippen molar-refractivity contribution in [3.8, 4) is 0 Å². The van der Waals surface area contributed by atoms with Gasteiger partial charge in [-0.2, -0.15) is 0 Å². The highest BCUT2D eigenvalue weighted by molar-refractivity contribution is 14.0. The van der Waals surface area contributed by atoms with Gasteiger partial charge in [-0.1, -0.05) is 24.3 Å². The van der Waals surface area contributed by atoms with Crippen LogP contribution in [0.4, 0.5) is 5.69 Å². The monoisotopic (exact) mass is 422 g/mol. The van der Waals surface area contributed by atoms with Crippen molar-refractivity contribution >= 4 is 41.3 Å². The van der Waals surface area contributed by atoms with E-state index in [9.17, 15) is 0 Å². The fraction of sp³-hybridized carbons (Fsp3) is 0.188. The van der Waals surface area contributed by atoms with Gasteiger partial charge in [0.2, 0.25) is 0 Å². The minimum atomic E-state index is 0. The van der Waals surface area contributed by atoms with Crippen LogP contribution in [0.25, 0.3) is 5.65 Å². The van der Waals surface area contributed by atoms with Crippen molar-refractivity contribution in [1.82, 2.24) is 14.6 Å². The lowest BCUT2D eigenvalue weighted by Gasteiger charge is -2.04. The topological polar surface area (TPSA) is 80.6 Å². The zero-order valence-corrected chi connectivity index (χ0v) is 14.9. The van der Waals surface area contributed by atoms with Crippen LogP contribution in [0, 0.1) is 0 Å². The van der Waals surface area contributed by atoms with Gasteiger partial charge in [-0.25, -0.2) is 0 Å². The Balaban J connectivity index is 0.00000192. The van der Waals surface area contributed by atoms with E-state index < -0.39 is 0 Å². The van der Waals surface area contributed by atoms with Gasteiger partial charge in [-0.3, -0.25) is 9.39 Å². The number of para-hydroxylation sites is 1. The molecule has 0 unspecified atom stereocenters. The van der Waals surface area contributed by atoms with Gasteiger partial charge in [0.25, 0.3) is 0 Å². The molecule has 0 saturated heterocycles. The molecule has 120 valence electrons. The maximum absolute atomic E-state index is 5.86. The summed E-state index contributed by atoms with van der Waals surface area (Å²) < 4.78 is 2.00. The number of aryl methyl sites for hydroxylation is 1.